The van der Waals surface area contributed by atoms with Crippen LogP contribution in [0.5, 0.6) is 0 Å². The van der Waals surface area contributed by atoms with Gasteiger partial charge in [0.2, 0.25) is 5.91 Å². The van der Waals surface area contributed by atoms with Crippen LogP contribution in [0, 0.1) is 0 Å². The number of amides is 1. The third kappa shape index (κ3) is 7.61. The van der Waals surface area contributed by atoms with E-state index in [-0.39, 0.29) is 18.9 Å². The second-order valence-electron chi connectivity index (χ2n) is 4.11. The van der Waals surface area contributed by atoms with Crippen molar-refractivity contribution in [2.24, 2.45) is 5.73 Å². The van der Waals surface area contributed by atoms with E-state index in [1.807, 2.05) is 6.92 Å². The molecule has 0 rings (SSSR count). The van der Waals surface area contributed by atoms with Crippen molar-refractivity contribution in [1.82, 2.24) is 5.32 Å². The highest BCUT2D eigenvalue weighted by Crippen LogP contribution is 2.01. The number of ether oxygens (including phenoxy) is 1. The van der Waals surface area contributed by atoms with Crippen molar-refractivity contribution in [1.29, 1.82) is 0 Å². The van der Waals surface area contributed by atoms with Gasteiger partial charge in [0.15, 0.2) is 0 Å². The molecule has 18 heavy (non-hydrogen) atoms. The number of carbonyl (C=O) groups excluding carboxylic acids is 2. The molecule has 0 aliphatic carbocycles. The van der Waals surface area contributed by atoms with Crippen LogP contribution in [0.2, 0.25) is 0 Å². The number of hydrogen-bond acceptors (Lipinski definition) is 5. The van der Waals surface area contributed by atoms with E-state index in [4.69, 9.17) is 10.8 Å². The van der Waals surface area contributed by atoms with Crippen molar-refractivity contribution in [3.05, 3.63) is 0 Å². The maximum absolute atomic E-state index is 11.4. The van der Waals surface area contributed by atoms with Crippen LogP contribution in [-0.2, 0) is 19.1 Å². The predicted octanol–water partition coefficient (Wildman–Crippen LogP) is -0.364. The number of rotatable bonds is 8. The van der Waals surface area contributed by atoms with E-state index in [0.29, 0.717) is 12.8 Å². The molecule has 1 amide bonds. The number of methoxy groups -OCH3 is 1. The lowest BCUT2D eigenvalue weighted by Gasteiger charge is -2.13. The summed E-state index contributed by atoms with van der Waals surface area (Å²) < 4.78 is 4.35. The number of esters is 1. The summed E-state index contributed by atoms with van der Waals surface area (Å²) in [5.74, 6) is -2.36. The number of carboxylic acids is 1. The Morgan fingerprint density at radius 2 is 2.00 bits per heavy atom. The van der Waals surface area contributed by atoms with Crippen molar-refractivity contribution in [3.63, 3.8) is 0 Å². The van der Waals surface area contributed by atoms with E-state index < -0.39 is 23.9 Å². The second kappa shape index (κ2) is 8.46. The average molecular weight is 260 g/mol. The molecular formula is C11H20N2O5. The number of carboxylic acid groups (broad SMARTS) is 1. The van der Waals surface area contributed by atoms with Gasteiger partial charge in [0.1, 0.15) is 6.04 Å². The van der Waals surface area contributed by atoms with Gasteiger partial charge in [-0.3, -0.25) is 9.59 Å². The molecule has 104 valence electrons. The van der Waals surface area contributed by atoms with E-state index in [1.165, 1.54) is 0 Å². The van der Waals surface area contributed by atoms with Crippen LogP contribution in [0.4, 0.5) is 0 Å². The van der Waals surface area contributed by atoms with Gasteiger partial charge in [-0.25, -0.2) is 4.79 Å². The van der Waals surface area contributed by atoms with Crippen molar-refractivity contribution >= 4 is 17.8 Å². The Bertz CT molecular complexity index is 304. The molecule has 1 unspecified atom stereocenters. The summed E-state index contributed by atoms with van der Waals surface area (Å²) in [4.78, 5) is 33.2. The lowest BCUT2D eigenvalue weighted by Crippen LogP contribution is -2.42. The largest absolute Gasteiger partial charge is 0.480 e. The minimum absolute atomic E-state index is 0.00291. The number of nitrogens with one attached hydrogen (secondary N) is 1. The molecule has 0 radical (unpaired) electrons. The molecule has 4 N–H and O–H groups in total. The van der Waals surface area contributed by atoms with Crippen molar-refractivity contribution in [3.8, 4) is 0 Å². The Balaban J connectivity index is 4.12. The second-order valence-corrected chi connectivity index (χ2v) is 4.11. The molecule has 0 saturated heterocycles. The lowest BCUT2D eigenvalue weighted by molar-refractivity contribution is -0.148. The highest BCUT2D eigenvalue weighted by molar-refractivity contribution is 5.87. The van der Waals surface area contributed by atoms with Crippen LogP contribution < -0.4 is 11.1 Å². The molecule has 7 nitrogen and oxygen atoms in total. The number of aliphatic carboxylic acids is 1. The van der Waals surface area contributed by atoms with Gasteiger partial charge in [0.05, 0.1) is 13.5 Å². The monoisotopic (exact) mass is 260 g/mol. The summed E-state index contributed by atoms with van der Waals surface area (Å²) >= 11 is 0. The first kappa shape index (κ1) is 16.4. The summed E-state index contributed by atoms with van der Waals surface area (Å²) in [7, 11) is 1.16. The van der Waals surface area contributed by atoms with E-state index in [9.17, 15) is 14.4 Å². The zero-order valence-corrected chi connectivity index (χ0v) is 10.6. The van der Waals surface area contributed by atoms with Gasteiger partial charge in [0.25, 0.3) is 0 Å². The first-order chi connectivity index (χ1) is 8.36. The Morgan fingerprint density at radius 1 is 1.39 bits per heavy atom. The van der Waals surface area contributed by atoms with Crippen LogP contribution in [0.1, 0.15) is 32.6 Å². The fourth-order valence-electron chi connectivity index (χ4n) is 1.30. The first-order valence-corrected chi connectivity index (χ1v) is 5.71. The Hall–Kier alpha value is -1.63. The first-order valence-electron chi connectivity index (χ1n) is 5.71. The molecular weight excluding hydrogens is 240 g/mol. The third-order valence-electron chi connectivity index (χ3n) is 2.30. The quantitative estimate of drug-likeness (QED) is 0.513. The highest BCUT2D eigenvalue weighted by atomic mass is 16.5. The lowest BCUT2D eigenvalue weighted by atomic mass is 10.1. The number of nitrogens with two attached hydrogens (primary N) is 1. The molecule has 2 atom stereocenters. The molecule has 0 heterocycles. The van der Waals surface area contributed by atoms with Gasteiger partial charge in [-0.15, -0.1) is 0 Å². The normalized spacial score (nSPS) is 13.5. The Labute approximate surface area is 106 Å². The van der Waals surface area contributed by atoms with E-state index in [2.05, 4.69) is 10.1 Å². The molecule has 7 heteroatoms. The molecule has 0 aliphatic rings. The fourth-order valence-corrected chi connectivity index (χ4v) is 1.30. The smallest absolute Gasteiger partial charge is 0.326 e. The zero-order chi connectivity index (χ0) is 14.1. The van der Waals surface area contributed by atoms with Crippen molar-refractivity contribution < 1.29 is 24.2 Å². The van der Waals surface area contributed by atoms with Crippen molar-refractivity contribution in [2.75, 3.05) is 7.11 Å². The predicted molar refractivity (Wildman–Crippen MR) is 63.7 cm³/mol. The van der Waals surface area contributed by atoms with Crippen LogP contribution in [-0.4, -0.2) is 42.1 Å². The molecule has 0 fully saturated rings. The molecule has 0 aromatic carbocycles. The van der Waals surface area contributed by atoms with Gasteiger partial charge < -0.3 is 20.9 Å². The van der Waals surface area contributed by atoms with Crippen molar-refractivity contribution in [2.45, 2.75) is 44.7 Å². The van der Waals surface area contributed by atoms with E-state index in [0.717, 1.165) is 7.11 Å². The zero-order valence-electron chi connectivity index (χ0n) is 10.6. The molecule has 0 saturated carbocycles. The molecule has 0 spiro atoms. The molecule has 0 bridgehead atoms. The van der Waals surface area contributed by atoms with E-state index in [1.54, 1.807) is 0 Å². The average Bonchev–Trinajstić information content (AvgIpc) is 2.27. The highest BCUT2D eigenvalue weighted by Gasteiger charge is 2.23. The van der Waals surface area contributed by atoms with Crippen LogP contribution >= 0.6 is 0 Å². The Kier molecular flexibility index (Phi) is 7.69. The van der Waals surface area contributed by atoms with Crippen LogP contribution in [0.25, 0.3) is 0 Å². The summed E-state index contributed by atoms with van der Waals surface area (Å²) in [6.45, 7) is 1.83. The standard InChI is InChI=1S/C11H20N2O5/c1-7(12)4-3-5-9(14)13-8(11(16)17)6-10(15)18-2/h7-8H,3-6,12H2,1-2H3,(H,13,14)(H,16,17)/t7?,8-/m0/s1. The number of hydrogen-bond donors (Lipinski definition) is 3. The SMILES string of the molecule is COC(=O)C[C@H](NC(=O)CCCC(C)N)C(=O)O. The third-order valence-corrected chi connectivity index (χ3v) is 2.30. The summed E-state index contributed by atoms with van der Waals surface area (Å²) in [6.07, 6.45) is 1.06. The summed E-state index contributed by atoms with van der Waals surface area (Å²) in [6, 6.07) is -1.25. The van der Waals surface area contributed by atoms with Gasteiger partial charge >= 0.3 is 11.9 Å². The minimum Gasteiger partial charge on any atom is -0.480 e. The summed E-state index contributed by atoms with van der Waals surface area (Å²) in [5, 5.41) is 11.1. The maximum atomic E-state index is 11.4. The van der Waals surface area contributed by atoms with Gasteiger partial charge in [-0.2, -0.15) is 0 Å². The van der Waals surface area contributed by atoms with E-state index >= 15 is 0 Å². The topological polar surface area (TPSA) is 119 Å². The van der Waals surface area contributed by atoms with Gasteiger partial charge in [-0.05, 0) is 19.8 Å². The van der Waals surface area contributed by atoms with Crippen LogP contribution in [0.3, 0.4) is 0 Å². The number of carbonyl (C=O) groups is 3. The van der Waals surface area contributed by atoms with Gasteiger partial charge in [-0.1, -0.05) is 0 Å². The molecule has 0 aliphatic heterocycles. The molecule has 0 aromatic heterocycles. The fraction of sp³-hybridized carbons (Fsp3) is 0.727. The minimum atomic E-state index is -1.26. The van der Waals surface area contributed by atoms with Gasteiger partial charge in [0, 0.05) is 12.5 Å². The Morgan fingerprint density at radius 3 is 2.44 bits per heavy atom. The van der Waals surface area contributed by atoms with Crippen LogP contribution in [0.15, 0.2) is 0 Å². The molecule has 0 aromatic rings. The summed E-state index contributed by atoms with van der Waals surface area (Å²) in [5.41, 5.74) is 5.53. The maximum Gasteiger partial charge on any atom is 0.326 e.